The van der Waals surface area contributed by atoms with Crippen LogP contribution in [0, 0.1) is 13.8 Å². The highest BCUT2D eigenvalue weighted by Gasteiger charge is 2.11. The molecule has 0 spiro atoms. The van der Waals surface area contributed by atoms with E-state index in [4.69, 9.17) is 16.0 Å². The molecule has 0 saturated carbocycles. The van der Waals surface area contributed by atoms with Crippen LogP contribution < -0.4 is 5.32 Å². The Bertz CT molecular complexity index is 974. The lowest BCUT2D eigenvalue weighted by Crippen LogP contribution is -2.23. The molecular weight excluding hydrogens is 364 g/mol. The number of nitrogens with zero attached hydrogens (tertiary/aromatic N) is 3. The molecule has 0 radical (unpaired) electrons. The van der Waals surface area contributed by atoms with Gasteiger partial charge in [0, 0.05) is 37.2 Å². The highest BCUT2D eigenvalue weighted by Crippen LogP contribution is 2.22. The summed E-state index contributed by atoms with van der Waals surface area (Å²) in [5, 5.41) is 7.56. The van der Waals surface area contributed by atoms with Crippen LogP contribution in [0.3, 0.4) is 0 Å². The van der Waals surface area contributed by atoms with Crippen LogP contribution in [0.1, 0.15) is 22.7 Å². The molecule has 2 heterocycles. The van der Waals surface area contributed by atoms with Gasteiger partial charge in [-0.2, -0.15) is 5.10 Å². The van der Waals surface area contributed by atoms with Crippen molar-refractivity contribution < 1.29 is 9.21 Å². The summed E-state index contributed by atoms with van der Waals surface area (Å²) in [5.74, 6) is 1.16. The maximum absolute atomic E-state index is 12.0. The van der Waals surface area contributed by atoms with Gasteiger partial charge in [-0.1, -0.05) is 29.8 Å². The average Bonchev–Trinajstić information content (AvgIpc) is 3.14. The molecule has 0 unspecified atom stereocenters. The molecule has 1 aromatic carbocycles. The number of oxazole rings is 1. The highest BCUT2D eigenvalue weighted by atomic mass is 35.5. The lowest BCUT2D eigenvalue weighted by atomic mass is 10.2. The molecule has 0 atom stereocenters. The van der Waals surface area contributed by atoms with Gasteiger partial charge in [-0.25, -0.2) is 4.98 Å². The summed E-state index contributed by atoms with van der Waals surface area (Å²) in [6, 6.07) is 9.73. The second kappa shape index (κ2) is 8.22. The third kappa shape index (κ3) is 4.46. The van der Waals surface area contributed by atoms with E-state index in [0.717, 1.165) is 28.3 Å². The Labute approximate surface area is 162 Å². The second-order valence-corrected chi connectivity index (χ2v) is 6.53. The van der Waals surface area contributed by atoms with Gasteiger partial charge < -0.3 is 9.73 Å². The SMILES string of the molecule is Cc1nn(C)c(Cl)c1C=CC(=O)NCCc1nc(-c2ccccc2)oc1C. The predicted molar refractivity (Wildman–Crippen MR) is 105 cm³/mol. The van der Waals surface area contributed by atoms with Gasteiger partial charge in [-0.3, -0.25) is 9.48 Å². The van der Waals surface area contributed by atoms with E-state index in [1.165, 1.54) is 6.08 Å². The molecule has 0 aliphatic heterocycles. The Balaban J connectivity index is 1.56. The summed E-state index contributed by atoms with van der Waals surface area (Å²) in [6.45, 7) is 4.19. The Morgan fingerprint density at radius 1 is 1.30 bits per heavy atom. The molecule has 3 rings (SSSR count). The average molecular weight is 385 g/mol. The van der Waals surface area contributed by atoms with Crippen LogP contribution in [0.2, 0.25) is 5.15 Å². The number of hydrogen-bond donors (Lipinski definition) is 1. The minimum atomic E-state index is -0.196. The van der Waals surface area contributed by atoms with Crippen molar-refractivity contribution in [2.45, 2.75) is 20.3 Å². The Morgan fingerprint density at radius 3 is 2.70 bits per heavy atom. The zero-order valence-corrected chi connectivity index (χ0v) is 16.2. The quantitative estimate of drug-likeness (QED) is 0.657. The standard InChI is InChI=1S/C20H21ClN4O2/c1-13-16(19(21)25(3)24-13)9-10-18(26)22-12-11-17-14(2)27-20(23-17)15-7-5-4-6-8-15/h4-10H,11-12H2,1-3H3,(H,22,26). The molecule has 1 amide bonds. The van der Waals surface area contributed by atoms with Crippen molar-refractivity contribution in [1.82, 2.24) is 20.1 Å². The fraction of sp³-hybridized carbons (Fsp3) is 0.250. The molecule has 7 heteroatoms. The zero-order valence-electron chi connectivity index (χ0n) is 15.5. The number of hydrogen-bond acceptors (Lipinski definition) is 4. The van der Waals surface area contributed by atoms with E-state index in [1.807, 2.05) is 44.2 Å². The fourth-order valence-electron chi connectivity index (χ4n) is 2.72. The first-order chi connectivity index (χ1) is 13.0. The number of benzene rings is 1. The number of carbonyl (C=O) groups excluding carboxylic acids is 1. The summed E-state index contributed by atoms with van der Waals surface area (Å²) in [5.41, 5.74) is 3.29. The van der Waals surface area contributed by atoms with Gasteiger partial charge in [-0.05, 0) is 32.1 Å². The third-order valence-electron chi connectivity index (χ3n) is 4.17. The summed E-state index contributed by atoms with van der Waals surface area (Å²) in [4.78, 5) is 16.6. The van der Waals surface area contributed by atoms with Gasteiger partial charge in [-0.15, -0.1) is 0 Å². The van der Waals surface area contributed by atoms with Crippen LogP contribution in [0.4, 0.5) is 0 Å². The molecule has 2 aromatic heterocycles. The van der Waals surface area contributed by atoms with Gasteiger partial charge in [0.1, 0.15) is 10.9 Å². The molecular formula is C20H21ClN4O2. The summed E-state index contributed by atoms with van der Waals surface area (Å²) in [7, 11) is 1.76. The van der Waals surface area contributed by atoms with Gasteiger partial charge in [0.25, 0.3) is 0 Å². The van der Waals surface area contributed by atoms with Crippen molar-refractivity contribution >= 4 is 23.6 Å². The summed E-state index contributed by atoms with van der Waals surface area (Å²) in [6.07, 6.45) is 3.73. The molecule has 1 N–H and O–H groups in total. The first-order valence-corrected chi connectivity index (χ1v) is 9.00. The number of nitrogens with one attached hydrogen (secondary N) is 1. The minimum absolute atomic E-state index is 0.196. The van der Waals surface area contributed by atoms with Crippen molar-refractivity contribution in [3.8, 4) is 11.5 Å². The molecule has 0 fully saturated rings. The molecule has 0 bridgehead atoms. The van der Waals surface area contributed by atoms with Crippen LogP contribution in [-0.4, -0.2) is 27.2 Å². The Kier molecular flexibility index (Phi) is 5.76. The van der Waals surface area contributed by atoms with Crippen molar-refractivity contribution in [2.24, 2.45) is 7.05 Å². The number of carbonyl (C=O) groups is 1. The van der Waals surface area contributed by atoms with Gasteiger partial charge in [0.2, 0.25) is 11.8 Å². The maximum atomic E-state index is 12.0. The molecule has 0 saturated heterocycles. The first kappa shape index (κ1) is 18.9. The van der Waals surface area contributed by atoms with E-state index < -0.39 is 0 Å². The van der Waals surface area contributed by atoms with Crippen molar-refractivity contribution in [3.63, 3.8) is 0 Å². The first-order valence-electron chi connectivity index (χ1n) is 8.62. The number of aromatic nitrogens is 3. The Morgan fingerprint density at radius 2 is 2.04 bits per heavy atom. The van der Waals surface area contributed by atoms with Crippen LogP contribution >= 0.6 is 11.6 Å². The number of amides is 1. The van der Waals surface area contributed by atoms with Gasteiger partial charge in [0.15, 0.2) is 0 Å². The topological polar surface area (TPSA) is 73.0 Å². The lowest BCUT2D eigenvalue weighted by molar-refractivity contribution is -0.116. The molecule has 6 nitrogen and oxygen atoms in total. The lowest BCUT2D eigenvalue weighted by Gasteiger charge is -2.00. The van der Waals surface area contributed by atoms with E-state index in [9.17, 15) is 4.79 Å². The van der Waals surface area contributed by atoms with E-state index in [2.05, 4.69) is 15.4 Å². The summed E-state index contributed by atoms with van der Waals surface area (Å²) < 4.78 is 7.31. The number of aryl methyl sites for hydroxylation is 3. The summed E-state index contributed by atoms with van der Waals surface area (Å²) >= 11 is 6.15. The van der Waals surface area contributed by atoms with Gasteiger partial charge >= 0.3 is 0 Å². The van der Waals surface area contributed by atoms with Gasteiger partial charge in [0.05, 0.1) is 11.4 Å². The third-order valence-corrected chi connectivity index (χ3v) is 4.62. The van der Waals surface area contributed by atoms with Crippen LogP contribution in [-0.2, 0) is 18.3 Å². The highest BCUT2D eigenvalue weighted by molar-refractivity contribution is 6.31. The maximum Gasteiger partial charge on any atom is 0.244 e. The second-order valence-electron chi connectivity index (χ2n) is 6.18. The zero-order chi connectivity index (χ0) is 19.4. The van der Waals surface area contributed by atoms with E-state index >= 15 is 0 Å². The number of rotatable bonds is 6. The predicted octanol–water partition coefficient (Wildman–Crippen LogP) is 3.72. The smallest absolute Gasteiger partial charge is 0.244 e. The van der Waals surface area contributed by atoms with E-state index in [0.29, 0.717) is 24.0 Å². The van der Waals surface area contributed by atoms with Crippen LogP contribution in [0.5, 0.6) is 0 Å². The van der Waals surface area contributed by atoms with Crippen LogP contribution in [0.15, 0.2) is 40.8 Å². The fourth-order valence-corrected chi connectivity index (χ4v) is 2.96. The molecule has 0 aliphatic carbocycles. The van der Waals surface area contributed by atoms with Crippen molar-refractivity contribution in [2.75, 3.05) is 6.54 Å². The molecule has 27 heavy (non-hydrogen) atoms. The van der Waals surface area contributed by atoms with Crippen molar-refractivity contribution in [1.29, 1.82) is 0 Å². The normalized spacial score (nSPS) is 11.3. The van der Waals surface area contributed by atoms with Crippen LogP contribution in [0.25, 0.3) is 17.5 Å². The van der Waals surface area contributed by atoms with E-state index in [1.54, 1.807) is 17.8 Å². The molecule has 3 aromatic rings. The largest absolute Gasteiger partial charge is 0.441 e. The molecule has 140 valence electrons. The van der Waals surface area contributed by atoms with Crippen molar-refractivity contribution in [3.05, 3.63) is 64.3 Å². The van der Waals surface area contributed by atoms with E-state index in [-0.39, 0.29) is 5.91 Å². The minimum Gasteiger partial charge on any atom is -0.441 e. The number of halogens is 1. The monoisotopic (exact) mass is 384 g/mol. The molecule has 0 aliphatic rings. The Hall–Kier alpha value is -2.86.